The predicted molar refractivity (Wildman–Crippen MR) is 426 cm³/mol. The average molecular weight is 1550 g/mol. The number of benzene rings is 8. The van der Waals surface area contributed by atoms with Crippen molar-refractivity contribution in [1.29, 1.82) is 0 Å². The monoisotopic (exact) mass is 1550 g/mol. The lowest BCUT2D eigenvalue weighted by Crippen LogP contribution is -3.00. The molecule has 12 rings (SSSR count). The van der Waals surface area contributed by atoms with Crippen molar-refractivity contribution in [3.05, 3.63) is 156 Å². The summed E-state index contributed by atoms with van der Waals surface area (Å²) in [6, 6.07) is 52.1. The smallest absolute Gasteiger partial charge is 0.201 e. The highest BCUT2D eigenvalue weighted by atomic mass is 32.2. The van der Waals surface area contributed by atoms with Crippen LogP contribution in [-0.4, -0.2) is 207 Å². The summed E-state index contributed by atoms with van der Waals surface area (Å²) in [5.74, 6) is 0. The van der Waals surface area contributed by atoms with E-state index in [0.29, 0.717) is 25.0 Å². The largest absolute Gasteiger partial charge is 0.748 e. The lowest BCUT2D eigenvalue weighted by atomic mass is 10.2. The first-order valence-electron chi connectivity index (χ1n) is 31.6. The molecule has 0 spiro atoms. The van der Waals surface area contributed by atoms with Gasteiger partial charge in [-0.05, 0) is 97.1 Å². The van der Waals surface area contributed by atoms with Crippen LogP contribution in [0.4, 0.5) is 56.9 Å². The molecule has 0 saturated carbocycles. The first-order chi connectivity index (χ1) is 47.5. The van der Waals surface area contributed by atoms with E-state index >= 15 is 0 Å². The fourth-order valence-electron chi connectivity index (χ4n) is 8.93. The van der Waals surface area contributed by atoms with Gasteiger partial charge in [-0.2, -0.15) is 0 Å². The van der Waals surface area contributed by atoms with E-state index in [1.807, 2.05) is 23.5 Å². The molecule has 4 aliphatic heterocycles. The fraction of sp³-hybridized carbons (Fsp3) is 0.314. The summed E-state index contributed by atoms with van der Waals surface area (Å²) in [5, 5.41) is 9.48. The Morgan fingerprint density at radius 1 is 0.431 bits per heavy atom. The summed E-state index contributed by atoms with van der Waals surface area (Å²) >= 11 is 7.29. The number of nitrogens with one attached hydrogen (secondary N) is 3. The Labute approximate surface area is 620 Å². The van der Waals surface area contributed by atoms with Gasteiger partial charge in [0, 0.05) is 174 Å². The van der Waals surface area contributed by atoms with Crippen molar-refractivity contribution < 1.29 is 58.2 Å². The molecule has 0 atom stereocenters. The quantitative estimate of drug-likeness (QED) is 0.0604. The summed E-state index contributed by atoms with van der Waals surface area (Å²) < 4.78 is 122. The first kappa shape index (κ1) is 85.1. The molecular weight excluding hydrogens is 1460 g/mol. The molecule has 6 aliphatic rings. The van der Waals surface area contributed by atoms with E-state index in [0.717, 1.165) is 26.9 Å². The average Bonchev–Trinajstić information content (AvgIpc) is 0.804. The highest BCUT2D eigenvalue weighted by Crippen LogP contribution is 2.48. The minimum absolute atomic E-state index is 0.604. The van der Waals surface area contributed by atoms with E-state index in [2.05, 4.69) is 305 Å². The molecule has 0 fully saturated rings. The second-order valence-electron chi connectivity index (χ2n) is 25.4. The molecule has 6 aromatic rings. The van der Waals surface area contributed by atoms with Crippen LogP contribution in [0.25, 0.3) is 41.6 Å². The van der Waals surface area contributed by atoms with Gasteiger partial charge in [0.25, 0.3) is 0 Å². The Balaban J connectivity index is 0.000000265. The van der Waals surface area contributed by atoms with Gasteiger partial charge < -0.3 is 53.3 Å². The molecule has 6 aromatic carbocycles. The summed E-state index contributed by atoms with van der Waals surface area (Å²) in [6.07, 6.45) is 2.42. The SMILES string of the molecule is CN(C)c1ccc2c(c1)Sc1cc(N(C)C)ccc1N2.CN(C)c1ccc2nc3ccc(=[N+](C)C)cc-3sc2c1.CN(C)c1ccc2nc3ccc(=[N+](C)C)cc-3sc2c1.CS(=O)(=O)[O-].CS(=O)(=O)[O-].CS(=O)(=O)[O-].CS(=O)(=O)[O-].C[NH+](C)c1ccc2c(c1)Sc1cc([N+](C)(C)C)ccc1N2.[3H]C. The minimum Gasteiger partial charge on any atom is -0.748 e. The van der Waals surface area contributed by atoms with Crippen LogP contribution in [0.5, 0.6) is 0 Å². The number of anilines is 8. The van der Waals surface area contributed by atoms with Crippen LogP contribution in [0.2, 0.25) is 0 Å². The summed E-state index contributed by atoms with van der Waals surface area (Å²) in [4.78, 5) is 27.0. The molecule has 24 nitrogen and oxygen atoms in total. The standard InChI is InChI=1S/C17H22N3S.C16H19N3S.2C16H18N3S.4CH4O3S.CH4/c1-19(2)12-6-8-14-16(10-12)21-17-11-13(20(3,4)5)7-9-15(17)18-14;3*1-18(2)11-5-7-13-15(9-11)20-16-10-12(19(3)4)6-8-14(16)17-13;4*1-5(2,3)4;/h6-11,18H,1-5H3;5-10,17H,1-4H3;2*5-10H,1-4H3;4*1H3,(H,2,3,4);1H4/q+1;;2*+1;;;;;/p-3/i;;;;;;;;1T. The molecule has 0 unspecified atom stereocenters. The van der Waals surface area contributed by atoms with Gasteiger partial charge in [-0.25, -0.2) is 52.8 Å². The minimum atomic E-state index is -3.92. The molecule has 0 aromatic heterocycles. The van der Waals surface area contributed by atoms with Crippen LogP contribution in [0.3, 0.4) is 0 Å². The van der Waals surface area contributed by atoms with Gasteiger partial charge >= 0.3 is 0 Å². The molecule has 0 bridgehead atoms. The number of hydrogen-bond donors (Lipinski definition) is 3. The van der Waals surface area contributed by atoms with Gasteiger partial charge in [-0.1, -0.05) is 30.9 Å². The highest BCUT2D eigenvalue weighted by molar-refractivity contribution is 8.00. The number of rotatable bonds is 6. The Bertz CT molecular complexity index is 4770. The maximum atomic E-state index is 9.08. The zero-order chi connectivity index (χ0) is 78.0. The van der Waals surface area contributed by atoms with Gasteiger partial charge in [0.1, 0.15) is 39.6 Å². The van der Waals surface area contributed by atoms with E-state index in [1.54, 1.807) is 22.7 Å². The maximum Gasteiger partial charge on any atom is 0.201 e. The molecular formula is C70H94N12O12S8. The maximum absolute atomic E-state index is 9.08. The van der Waals surface area contributed by atoms with Gasteiger partial charge in [0.05, 0.1) is 140 Å². The number of fused-ring (bicyclic) bond motifs is 8. The van der Waals surface area contributed by atoms with Crippen LogP contribution >= 0.6 is 46.2 Å². The van der Waals surface area contributed by atoms with Crippen molar-refractivity contribution in [2.45, 2.75) is 27.0 Å². The number of quaternary nitrogens is 2. The fourth-order valence-corrected chi connectivity index (χ4v) is 13.1. The molecule has 554 valence electrons. The van der Waals surface area contributed by atoms with Crippen LogP contribution < -0.4 is 59.5 Å². The molecule has 0 saturated heterocycles. The second kappa shape index (κ2) is 36.7. The molecule has 102 heavy (non-hydrogen) atoms. The molecule has 0 amide bonds. The van der Waals surface area contributed by atoms with Crippen molar-refractivity contribution in [2.75, 3.05) is 175 Å². The van der Waals surface area contributed by atoms with Crippen molar-refractivity contribution in [2.24, 2.45) is 0 Å². The third-order valence-corrected chi connectivity index (χ3v) is 18.4. The Kier molecular flexibility index (Phi) is 30.7. The van der Waals surface area contributed by atoms with Gasteiger partial charge in [0.2, 0.25) is 10.7 Å². The van der Waals surface area contributed by atoms with Gasteiger partial charge in [-0.15, -0.1) is 22.7 Å². The second-order valence-corrected chi connectivity index (χ2v) is 35.4. The third kappa shape index (κ3) is 29.3. The Morgan fingerprint density at radius 3 is 1.04 bits per heavy atom. The van der Waals surface area contributed by atoms with E-state index in [9.17, 15) is 0 Å². The van der Waals surface area contributed by atoms with E-state index in [-0.39, 0.29) is 0 Å². The molecule has 3 N–H and O–H groups in total. The molecule has 4 heterocycles. The summed E-state index contributed by atoms with van der Waals surface area (Å²) in [6.45, 7) is 0. The van der Waals surface area contributed by atoms with Crippen LogP contribution in [0, 0.1) is 0 Å². The highest BCUT2D eigenvalue weighted by Gasteiger charge is 2.22. The third-order valence-electron chi connectivity index (χ3n) is 14.0. The summed E-state index contributed by atoms with van der Waals surface area (Å²) in [7, 11) is 21.3. The molecule has 2 aliphatic carbocycles. The Hall–Kier alpha value is -7.54. The number of aromatic nitrogens is 2. The van der Waals surface area contributed by atoms with E-state index < -0.39 is 40.5 Å². The normalized spacial score (nSPS) is 11.9. The zero-order valence-electron chi connectivity index (χ0n) is 62.5. The summed E-state index contributed by atoms with van der Waals surface area (Å²) in [5.41, 5.74) is 16.5. The van der Waals surface area contributed by atoms with Crippen molar-refractivity contribution in [3.8, 4) is 21.1 Å². The van der Waals surface area contributed by atoms with Gasteiger partial charge in [-0.3, -0.25) is 4.48 Å². The molecule has 0 radical (unpaired) electrons. The van der Waals surface area contributed by atoms with E-state index in [1.165, 1.54) is 119 Å². The topological polar surface area (TPSA) is 302 Å². The predicted octanol–water partition coefficient (Wildman–Crippen LogP) is 9.17. The lowest BCUT2D eigenvalue weighted by molar-refractivity contribution is -0.786. The Morgan fingerprint density at radius 2 is 0.725 bits per heavy atom. The van der Waals surface area contributed by atoms with Crippen molar-refractivity contribution in [3.63, 3.8) is 0 Å². The number of hydrogen-bond acceptors (Lipinski definition) is 24. The lowest BCUT2D eigenvalue weighted by Gasteiger charge is -2.27. The van der Waals surface area contributed by atoms with Crippen molar-refractivity contribution >= 4 is 164 Å². The van der Waals surface area contributed by atoms with Crippen LogP contribution in [-0.2, 0) is 40.5 Å². The van der Waals surface area contributed by atoms with E-state index in [4.69, 9.17) is 63.2 Å². The first-order valence-corrected chi connectivity index (χ1v) is 41.1. The van der Waals surface area contributed by atoms with Crippen LogP contribution in [0.15, 0.2) is 165 Å². The van der Waals surface area contributed by atoms with Crippen molar-refractivity contribution in [1.82, 2.24) is 23.6 Å². The van der Waals surface area contributed by atoms with Crippen LogP contribution in [0.1, 0.15) is 8.77 Å². The number of nitrogens with zero attached hydrogens (tertiary/aromatic N) is 9. The molecule has 32 heteroatoms. The zero-order valence-corrected chi connectivity index (χ0v) is 68.1. The van der Waals surface area contributed by atoms with Gasteiger partial charge in [0.15, 0.2) is 0 Å².